The number of hydrogen-bond donors (Lipinski definition) is 1. The summed E-state index contributed by atoms with van der Waals surface area (Å²) in [6.07, 6.45) is 4.63. The van der Waals surface area contributed by atoms with Crippen LogP contribution in [0.5, 0.6) is 0 Å². The van der Waals surface area contributed by atoms with Crippen molar-refractivity contribution in [2.45, 2.75) is 32.2 Å². The lowest BCUT2D eigenvalue weighted by molar-refractivity contribution is -0.125. The van der Waals surface area contributed by atoms with Gasteiger partial charge in [-0.1, -0.05) is 36.4 Å². The number of carbonyl (C=O) groups excluding carboxylic acids is 1. The molecule has 1 aromatic carbocycles. The normalized spacial score (nSPS) is 15.7. The highest BCUT2D eigenvalue weighted by Gasteiger charge is 2.24. The Hall–Kier alpha value is -2.03. The summed E-state index contributed by atoms with van der Waals surface area (Å²) in [4.78, 5) is 14.2. The molecule has 0 saturated heterocycles. The highest BCUT2D eigenvalue weighted by Crippen LogP contribution is 2.27. The van der Waals surface area contributed by atoms with Gasteiger partial charge in [-0.25, -0.2) is 0 Å². The Kier molecular flexibility index (Phi) is 5.20. The molecule has 112 valence electrons. The van der Waals surface area contributed by atoms with E-state index < -0.39 is 0 Å². The Morgan fingerprint density at radius 2 is 2.10 bits per heavy atom. The highest BCUT2D eigenvalue weighted by atomic mass is 16.2. The Labute approximate surface area is 127 Å². The molecule has 3 nitrogen and oxygen atoms in total. The monoisotopic (exact) mass is 284 g/mol. The Morgan fingerprint density at radius 1 is 1.38 bits per heavy atom. The van der Waals surface area contributed by atoms with E-state index in [0.29, 0.717) is 6.54 Å². The molecule has 1 amide bonds. The van der Waals surface area contributed by atoms with E-state index in [1.807, 2.05) is 25.2 Å². The Morgan fingerprint density at radius 3 is 2.76 bits per heavy atom. The highest BCUT2D eigenvalue weighted by molar-refractivity contribution is 5.94. The second kappa shape index (κ2) is 7.11. The zero-order valence-electron chi connectivity index (χ0n) is 12.9. The van der Waals surface area contributed by atoms with E-state index in [2.05, 4.69) is 31.0 Å². The molecular weight excluding hydrogens is 260 g/mol. The van der Waals surface area contributed by atoms with Gasteiger partial charge in [0.25, 0.3) is 5.91 Å². The molecule has 0 unspecified atom stereocenters. The first kappa shape index (κ1) is 15.4. The van der Waals surface area contributed by atoms with Gasteiger partial charge >= 0.3 is 0 Å². The predicted octanol–water partition coefficient (Wildman–Crippen LogP) is 3.42. The largest absolute Gasteiger partial charge is 0.381 e. The van der Waals surface area contributed by atoms with Gasteiger partial charge in [-0.3, -0.25) is 4.79 Å². The second-order valence-electron chi connectivity index (χ2n) is 5.56. The third kappa shape index (κ3) is 3.75. The molecule has 1 N–H and O–H groups in total. The molecule has 0 aliphatic heterocycles. The maximum Gasteiger partial charge on any atom is 0.251 e. The van der Waals surface area contributed by atoms with Gasteiger partial charge in [0.15, 0.2) is 0 Å². The summed E-state index contributed by atoms with van der Waals surface area (Å²) in [6.45, 7) is 6.41. The summed E-state index contributed by atoms with van der Waals surface area (Å²) in [6, 6.07) is 10.5. The number of carbonyl (C=O) groups is 1. The van der Waals surface area contributed by atoms with Crippen LogP contribution in [0.1, 0.15) is 37.8 Å². The summed E-state index contributed by atoms with van der Waals surface area (Å²) in [5.74, 6) is 0.121. The summed E-state index contributed by atoms with van der Waals surface area (Å²) in [5, 5.41) is 3.53. The van der Waals surface area contributed by atoms with Crippen molar-refractivity contribution in [1.82, 2.24) is 10.2 Å². The summed E-state index contributed by atoms with van der Waals surface area (Å²) < 4.78 is 0. The van der Waals surface area contributed by atoms with E-state index in [9.17, 15) is 4.79 Å². The molecule has 0 spiro atoms. The molecule has 0 saturated carbocycles. The minimum atomic E-state index is 0.121. The zero-order chi connectivity index (χ0) is 15.2. The Bertz CT molecular complexity index is 533. The molecule has 2 rings (SSSR count). The number of nitrogens with one attached hydrogen (secondary N) is 1. The van der Waals surface area contributed by atoms with Crippen molar-refractivity contribution in [2.75, 3.05) is 13.6 Å². The molecule has 1 atom stereocenters. The van der Waals surface area contributed by atoms with E-state index in [4.69, 9.17) is 0 Å². The van der Waals surface area contributed by atoms with Crippen LogP contribution in [0.3, 0.4) is 0 Å². The topological polar surface area (TPSA) is 32.3 Å². The fraction of sp³-hybridized carbons (Fsp3) is 0.389. The van der Waals surface area contributed by atoms with Gasteiger partial charge in [-0.15, -0.1) is 6.58 Å². The standard InChI is InChI=1S/C18H24N2O/c1-4-13-20(3)18(21)16-11-8-12-17(16)19-14(2)15-9-6-5-7-10-15/h4-7,9-10,14,19H,1,8,11-13H2,2-3H3/t14-/m0/s1. The van der Waals surface area contributed by atoms with Gasteiger partial charge in [0.1, 0.15) is 0 Å². The number of benzene rings is 1. The molecule has 1 aliphatic rings. The number of nitrogens with zero attached hydrogens (tertiary/aromatic N) is 1. The third-order valence-corrected chi connectivity index (χ3v) is 3.92. The SMILES string of the molecule is C=CCN(C)C(=O)C1=C(N[C@@H](C)c2ccccc2)CCC1. The van der Waals surface area contributed by atoms with Crippen molar-refractivity contribution >= 4 is 5.91 Å². The van der Waals surface area contributed by atoms with Gasteiger partial charge in [0, 0.05) is 30.9 Å². The van der Waals surface area contributed by atoms with Gasteiger partial charge in [0.2, 0.25) is 0 Å². The van der Waals surface area contributed by atoms with E-state index in [1.165, 1.54) is 5.56 Å². The van der Waals surface area contributed by atoms with Crippen molar-refractivity contribution in [2.24, 2.45) is 0 Å². The van der Waals surface area contributed by atoms with E-state index in [-0.39, 0.29) is 11.9 Å². The van der Waals surface area contributed by atoms with Crippen LogP contribution >= 0.6 is 0 Å². The van der Waals surface area contributed by atoms with Crippen LogP contribution in [-0.2, 0) is 4.79 Å². The molecule has 0 fully saturated rings. The van der Waals surface area contributed by atoms with Crippen LogP contribution in [0.25, 0.3) is 0 Å². The smallest absolute Gasteiger partial charge is 0.251 e. The minimum absolute atomic E-state index is 0.121. The first-order valence-electron chi connectivity index (χ1n) is 7.53. The van der Waals surface area contributed by atoms with Crippen molar-refractivity contribution in [3.8, 4) is 0 Å². The summed E-state index contributed by atoms with van der Waals surface area (Å²) in [5.41, 5.74) is 3.28. The number of likely N-dealkylation sites (N-methyl/N-ethyl adjacent to an activating group) is 1. The third-order valence-electron chi connectivity index (χ3n) is 3.92. The molecule has 1 aromatic rings. The summed E-state index contributed by atoms with van der Waals surface area (Å²) in [7, 11) is 1.83. The quantitative estimate of drug-likeness (QED) is 0.812. The van der Waals surface area contributed by atoms with Crippen LogP contribution in [0, 0.1) is 0 Å². The first-order valence-corrected chi connectivity index (χ1v) is 7.53. The van der Waals surface area contributed by atoms with E-state index in [1.54, 1.807) is 11.0 Å². The fourth-order valence-corrected chi connectivity index (χ4v) is 2.73. The predicted molar refractivity (Wildman–Crippen MR) is 86.7 cm³/mol. The van der Waals surface area contributed by atoms with Crippen LogP contribution in [0.2, 0.25) is 0 Å². The van der Waals surface area contributed by atoms with Crippen molar-refractivity contribution in [3.63, 3.8) is 0 Å². The van der Waals surface area contributed by atoms with Gasteiger partial charge in [-0.05, 0) is 31.7 Å². The average Bonchev–Trinajstić information content (AvgIpc) is 2.95. The average molecular weight is 284 g/mol. The minimum Gasteiger partial charge on any atom is -0.381 e. The number of amides is 1. The zero-order valence-corrected chi connectivity index (χ0v) is 12.9. The summed E-state index contributed by atoms with van der Waals surface area (Å²) >= 11 is 0. The molecular formula is C18H24N2O. The van der Waals surface area contributed by atoms with Crippen molar-refractivity contribution < 1.29 is 4.79 Å². The first-order chi connectivity index (χ1) is 10.1. The van der Waals surface area contributed by atoms with Crippen LogP contribution in [0.4, 0.5) is 0 Å². The second-order valence-corrected chi connectivity index (χ2v) is 5.56. The van der Waals surface area contributed by atoms with Gasteiger partial charge in [-0.2, -0.15) is 0 Å². The van der Waals surface area contributed by atoms with Crippen LogP contribution < -0.4 is 5.32 Å². The van der Waals surface area contributed by atoms with E-state index >= 15 is 0 Å². The van der Waals surface area contributed by atoms with Gasteiger partial charge in [0.05, 0.1) is 0 Å². The molecule has 0 heterocycles. The molecule has 21 heavy (non-hydrogen) atoms. The molecule has 0 aromatic heterocycles. The van der Waals surface area contributed by atoms with Crippen LogP contribution in [-0.4, -0.2) is 24.4 Å². The van der Waals surface area contributed by atoms with E-state index in [0.717, 1.165) is 30.5 Å². The molecule has 0 radical (unpaired) electrons. The number of rotatable bonds is 6. The van der Waals surface area contributed by atoms with Crippen molar-refractivity contribution in [3.05, 3.63) is 59.8 Å². The maximum atomic E-state index is 12.4. The lowest BCUT2D eigenvalue weighted by atomic mass is 10.1. The maximum absolute atomic E-state index is 12.4. The molecule has 3 heteroatoms. The van der Waals surface area contributed by atoms with Crippen LogP contribution in [0.15, 0.2) is 54.3 Å². The Balaban J connectivity index is 2.11. The number of allylic oxidation sites excluding steroid dienone is 1. The van der Waals surface area contributed by atoms with Gasteiger partial charge < -0.3 is 10.2 Å². The number of hydrogen-bond acceptors (Lipinski definition) is 2. The lowest BCUT2D eigenvalue weighted by Crippen LogP contribution is -2.30. The fourth-order valence-electron chi connectivity index (χ4n) is 2.73. The lowest BCUT2D eigenvalue weighted by Gasteiger charge is -2.20. The molecule has 1 aliphatic carbocycles. The van der Waals surface area contributed by atoms with Crippen molar-refractivity contribution in [1.29, 1.82) is 0 Å². The molecule has 0 bridgehead atoms.